The molecule has 1 atom stereocenters. The van der Waals surface area contributed by atoms with Gasteiger partial charge >= 0.3 is 5.97 Å². The van der Waals surface area contributed by atoms with Crippen molar-refractivity contribution in [3.8, 4) is 11.1 Å². The van der Waals surface area contributed by atoms with Crippen LogP contribution in [-0.2, 0) is 4.74 Å². The van der Waals surface area contributed by atoms with Gasteiger partial charge < -0.3 is 15.0 Å². The van der Waals surface area contributed by atoms with Gasteiger partial charge in [0.2, 0.25) is 0 Å². The van der Waals surface area contributed by atoms with E-state index >= 15 is 0 Å². The number of likely N-dealkylation sites (tertiary alicyclic amines) is 1. The van der Waals surface area contributed by atoms with Crippen molar-refractivity contribution >= 4 is 11.9 Å². The molecule has 1 aliphatic rings. The number of benzene rings is 2. The second kappa shape index (κ2) is 8.82. The third kappa shape index (κ3) is 4.74. The average molecular weight is 366 g/mol. The Hall–Kier alpha value is -2.66. The van der Waals surface area contributed by atoms with Crippen molar-refractivity contribution in [2.45, 2.75) is 25.3 Å². The molecule has 0 spiro atoms. The van der Waals surface area contributed by atoms with Crippen LogP contribution in [0, 0.1) is 0 Å². The fourth-order valence-electron chi connectivity index (χ4n) is 3.56. The van der Waals surface area contributed by atoms with Gasteiger partial charge in [-0.1, -0.05) is 24.3 Å². The summed E-state index contributed by atoms with van der Waals surface area (Å²) in [6.45, 7) is 1.84. The van der Waals surface area contributed by atoms with Gasteiger partial charge in [0, 0.05) is 18.2 Å². The third-order valence-corrected chi connectivity index (χ3v) is 5.20. The first-order chi connectivity index (χ1) is 13.1. The van der Waals surface area contributed by atoms with Crippen LogP contribution in [0.3, 0.4) is 0 Å². The minimum Gasteiger partial charge on any atom is -0.465 e. The van der Waals surface area contributed by atoms with Gasteiger partial charge in [-0.05, 0) is 68.2 Å². The number of esters is 1. The zero-order chi connectivity index (χ0) is 19.2. The van der Waals surface area contributed by atoms with E-state index in [1.54, 1.807) is 12.1 Å². The maximum atomic E-state index is 12.3. The van der Waals surface area contributed by atoms with Crippen LogP contribution in [0.5, 0.6) is 0 Å². The van der Waals surface area contributed by atoms with E-state index in [0.29, 0.717) is 23.7 Å². The Morgan fingerprint density at radius 3 is 2.56 bits per heavy atom. The number of carbonyl (C=O) groups excluding carboxylic acids is 2. The van der Waals surface area contributed by atoms with E-state index in [4.69, 9.17) is 4.74 Å². The van der Waals surface area contributed by atoms with Crippen LogP contribution in [-0.4, -0.2) is 50.1 Å². The van der Waals surface area contributed by atoms with E-state index in [1.165, 1.54) is 20.0 Å². The van der Waals surface area contributed by atoms with E-state index in [0.717, 1.165) is 24.1 Å². The number of nitrogens with zero attached hydrogens (tertiary/aromatic N) is 1. The first-order valence-corrected chi connectivity index (χ1v) is 9.36. The van der Waals surface area contributed by atoms with E-state index in [2.05, 4.69) is 17.3 Å². The van der Waals surface area contributed by atoms with Gasteiger partial charge in [-0.25, -0.2) is 4.79 Å². The number of amides is 1. The normalized spacial score (nSPS) is 16.9. The molecule has 5 nitrogen and oxygen atoms in total. The van der Waals surface area contributed by atoms with Crippen LogP contribution >= 0.6 is 0 Å². The Labute approximate surface area is 160 Å². The quantitative estimate of drug-likeness (QED) is 0.797. The number of hydrogen-bond donors (Lipinski definition) is 1. The molecule has 0 bridgehead atoms. The van der Waals surface area contributed by atoms with Gasteiger partial charge in [0.25, 0.3) is 5.91 Å². The maximum absolute atomic E-state index is 12.3. The molecule has 1 heterocycles. The fourth-order valence-corrected chi connectivity index (χ4v) is 3.56. The summed E-state index contributed by atoms with van der Waals surface area (Å²) in [6.07, 6.45) is 3.44. The number of nitrogens with one attached hydrogen (secondary N) is 1. The largest absolute Gasteiger partial charge is 0.465 e. The van der Waals surface area contributed by atoms with E-state index in [9.17, 15) is 9.59 Å². The van der Waals surface area contributed by atoms with Crippen LogP contribution in [0.1, 0.15) is 40.0 Å². The van der Waals surface area contributed by atoms with Crippen molar-refractivity contribution in [2.24, 2.45) is 0 Å². The molecule has 3 rings (SSSR count). The standard InChI is InChI=1S/C22H26N2O3/c1-24-14-4-7-20(24)12-13-23-21(25)17-10-8-16(9-11-17)18-5-3-6-19(15-18)22(26)27-2/h3,5-6,8-11,15,20H,4,7,12-14H2,1-2H3,(H,23,25)/t20-/m0/s1. The number of ether oxygens (including phenoxy) is 1. The molecule has 5 heteroatoms. The first-order valence-electron chi connectivity index (χ1n) is 9.36. The lowest BCUT2D eigenvalue weighted by Gasteiger charge is -2.19. The number of methoxy groups -OCH3 is 1. The summed E-state index contributed by atoms with van der Waals surface area (Å²) in [5.41, 5.74) is 3.01. The molecule has 1 fully saturated rings. The molecular weight excluding hydrogens is 340 g/mol. The van der Waals surface area contributed by atoms with Crippen molar-refractivity contribution in [1.29, 1.82) is 0 Å². The molecule has 0 aromatic heterocycles. The van der Waals surface area contributed by atoms with Crippen LogP contribution < -0.4 is 5.32 Å². The van der Waals surface area contributed by atoms with E-state index in [1.807, 2.05) is 36.4 Å². The lowest BCUT2D eigenvalue weighted by molar-refractivity contribution is 0.0600. The van der Waals surface area contributed by atoms with Gasteiger partial charge in [-0.3, -0.25) is 4.79 Å². The molecule has 2 aromatic carbocycles. The zero-order valence-electron chi connectivity index (χ0n) is 15.9. The van der Waals surface area contributed by atoms with Crippen LogP contribution in [0.4, 0.5) is 0 Å². The molecule has 1 amide bonds. The SMILES string of the molecule is COC(=O)c1cccc(-c2ccc(C(=O)NCC[C@@H]3CCCN3C)cc2)c1. The van der Waals surface area contributed by atoms with Gasteiger partial charge in [-0.2, -0.15) is 0 Å². The molecule has 1 N–H and O–H groups in total. The molecule has 2 aromatic rings. The van der Waals surface area contributed by atoms with Crippen LogP contribution in [0.2, 0.25) is 0 Å². The lowest BCUT2D eigenvalue weighted by Crippen LogP contribution is -2.31. The van der Waals surface area contributed by atoms with Crippen molar-refractivity contribution in [3.63, 3.8) is 0 Å². The Morgan fingerprint density at radius 2 is 1.89 bits per heavy atom. The molecule has 142 valence electrons. The molecule has 0 unspecified atom stereocenters. The predicted octanol–water partition coefficient (Wildman–Crippen LogP) is 3.35. The second-order valence-electron chi connectivity index (χ2n) is 6.97. The molecule has 27 heavy (non-hydrogen) atoms. The van der Waals surface area contributed by atoms with Crippen molar-refractivity contribution < 1.29 is 14.3 Å². The summed E-state index contributed by atoms with van der Waals surface area (Å²) in [6, 6.07) is 15.3. The molecule has 0 radical (unpaired) electrons. The highest BCUT2D eigenvalue weighted by Crippen LogP contribution is 2.22. The Morgan fingerprint density at radius 1 is 1.11 bits per heavy atom. The number of carbonyl (C=O) groups is 2. The lowest BCUT2D eigenvalue weighted by atomic mass is 10.0. The summed E-state index contributed by atoms with van der Waals surface area (Å²) in [4.78, 5) is 26.4. The summed E-state index contributed by atoms with van der Waals surface area (Å²) in [5, 5.41) is 3.01. The predicted molar refractivity (Wildman–Crippen MR) is 106 cm³/mol. The maximum Gasteiger partial charge on any atom is 0.337 e. The first kappa shape index (κ1) is 19.1. The summed E-state index contributed by atoms with van der Waals surface area (Å²) in [7, 11) is 3.51. The highest BCUT2D eigenvalue weighted by Gasteiger charge is 2.20. The Bertz CT molecular complexity index is 801. The minimum absolute atomic E-state index is 0.0505. The third-order valence-electron chi connectivity index (χ3n) is 5.20. The van der Waals surface area contributed by atoms with Gasteiger partial charge in [0.1, 0.15) is 0 Å². The highest BCUT2D eigenvalue weighted by molar-refractivity contribution is 5.95. The number of rotatable bonds is 6. The Kier molecular flexibility index (Phi) is 6.24. The van der Waals surface area contributed by atoms with Gasteiger partial charge in [0.05, 0.1) is 12.7 Å². The van der Waals surface area contributed by atoms with Crippen LogP contribution in [0.15, 0.2) is 48.5 Å². The van der Waals surface area contributed by atoms with Crippen molar-refractivity contribution in [2.75, 3.05) is 27.2 Å². The summed E-state index contributed by atoms with van der Waals surface area (Å²) < 4.78 is 4.76. The highest BCUT2D eigenvalue weighted by atomic mass is 16.5. The van der Waals surface area contributed by atoms with Gasteiger partial charge in [-0.15, -0.1) is 0 Å². The van der Waals surface area contributed by atoms with E-state index < -0.39 is 0 Å². The van der Waals surface area contributed by atoms with E-state index in [-0.39, 0.29) is 11.9 Å². The minimum atomic E-state index is -0.360. The second-order valence-corrected chi connectivity index (χ2v) is 6.97. The monoisotopic (exact) mass is 366 g/mol. The molecular formula is C22H26N2O3. The summed E-state index contributed by atoms with van der Waals surface area (Å²) in [5.74, 6) is -0.411. The zero-order valence-corrected chi connectivity index (χ0v) is 15.9. The molecule has 1 saturated heterocycles. The Balaban J connectivity index is 1.59. The topological polar surface area (TPSA) is 58.6 Å². The smallest absolute Gasteiger partial charge is 0.337 e. The van der Waals surface area contributed by atoms with Crippen molar-refractivity contribution in [1.82, 2.24) is 10.2 Å². The average Bonchev–Trinajstić information content (AvgIpc) is 3.12. The fraction of sp³-hybridized carbons (Fsp3) is 0.364. The van der Waals surface area contributed by atoms with Crippen LogP contribution in [0.25, 0.3) is 11.1 Å². The summed E-state index contributed by atoms with van der Waals surface area (Å²) >= 11 is 0. The molecule has 0 saturated carbocycles. The molecule has 0 aliphatic carbocycles. The van der Waals surface area contributed by atoms with Gasteiger partial charge in [0.15, 0.2) is 0 Å². The van der Waals surface area contributed by atoms with Crippen molar-refractivity contribution in [3.05, 3.63) is 59.7 Å². The number of hydrogen-bond acceptors (Lipinski definition) is 4. The molecule has 1 aliphatic heterocycles.